The molecule has 0 spiro atoms. The number of aliphatic carboxylic acids is 1. The summed E-state index contributed by atoms with van der Waals surface area (Å²) >= 11 is 0. The number of fused-ring (bicyclic) bond motifs is 2. The van der Waals surface area contributed by atoms with E-state index in [-0.39, 0.29) is 30.2 Å². The fourth-order valence-corrected chi connectivity index (χ4v) is 6.97. The molecule has 3 N–H and O–H groups in total. The summed E-state index contributed by atoms with van der Waals surface area (Å²) in [5.41, 5.74) is 3.58. The largest absolute Gasteiger partial charge is 0.508 e. The molecule has 2 heterocycles. The summed E-state index contributed by atoms with van der Waals surface area (Å²) in [7, 11) is -4.16. The first-order valence-electron chi connectivity index (χ1n) is 14.1. The Morgan fingerprint density at radius 3 is 2.12 bits per heavy atom. The maximum atomic E-state index is 13.4. The number of benzene rings is 3. The Kier molecular flexibility index (Phi) is 9.12. The second kappa shape index (κ2) is 13.0. The Labute approximate surface area is 249 Å². The van der Waals surface area contributed by atoms with Gasteiger partial charge in [-0.1, -0.05) is 37.1 Å². The molecule has 1 fully saturated rings. The Balaban J connectivity index is 1.33. The quantitative estimate of drug-likeness (QED) is 0.164. The number of rotatable bonds is 13. The van der Waals surface area contributed by atoms with Gasteiger partial charge in [0.2, 0.25) is 5.91 Å². The van der Waals surface area contributed by atoms with Crippen molar-refractivity contribution in [3.05, 3.63) is 89.7 Å². The number of carboxylic acids is 1. The normalized spacial score (nSPS) is 19.4. The molecule has 2 aliphatic rings. The van der Waals surface area contributed by atoms with E-state index < -0.39 is 39.4 Å². The Bertz CT molecular complexity index is 1600. The number of hydrogen-bond donors (Lipinski definition) is 3. The summed E-state index contributed by atoms with van der Waals surface area (Å²) in [6.07, 6.45) is 2.01. The second-order valence-corrected chi connectivity index (χ2v) is 12.4. The van der Waals surface area contributed by atoms with Crippen LogP contribution in [0.5, 0.6) is 11.5 Å². The molecule has 9 nitrogen and oxygen atoms in total. The van der Waals surface area contributed by atoms with Gasteiger partial charge in [-0.2, -0.15) is 8.42 Å². The van der Waals surface area contributed by atoms with E-state index in [1.54, 1.807) is 48.5 Å². The molecule has 0 saturated carbocycles. The number of amides is 1. The second-order valence-electron chi connectivity index (χ2n) is 10.7. The van der Waals surface area contributed by atoms with E-state index in [1.807, 2.05) is 0 Å². The minimum atomic E-state index is -4.16. The van der Waals surface area contributed by atoms with Gasteiger partial charge in [0.15, 0.2) is 0 Å². The number of hydrogen-bond acceptors (Lipinski definition) is 7. The van der Waals surface area contributed by atoms with Gasteiger partial charge in [-0.05, 0) is 83.6 Å². The fourth-order valence-electron chi connectivity index (χ4n) is 5.55. The molecule has 3 aromatic rings. The molecule has 3 atom stereocenters. The van der Waals surface area contributed by atoms with Gasteiger partial charge < -0.3 is 24.4 Å². The van der Waals surface area contributed by atoms with Gasteiger partial charge in [-0.25, -0.2) is 4.39 Å². The van der Waals surface area contributed by atoms with E-state index in [9.17, 15) is 27.5 Å². The lowest BCUT2D eigenvalue weighted by molar-refractivity contribution is -0.137. The number of phenolic OH excluding ortho intramolecular Hbond substituents is 1. The monoisotopic (exact) mass is 609 g/mol. The molecule has 1 amide bonds. The van der Waals surface area contributed by atoms with Crippen LogP contribution in [0.2, 0.25) is 0 Å². The average molecular weight is 610 g/mol. The molecule has 0 aliphatic carbocycles. The van der Waals surface area contributed by atoms with Gasteiger partial charge in [-0.15, -0.1) is 0 Å². The Hall–Kier alpha value is -4.22. The number of halogens is 1. The van der Waals surface area contributed by atoms with Gasteiger partial charge >= 0.3 is 16.1 Å². The van der Waals surface area contributed by atoms with Crippen molar-refractivity contribution in [3.8, 4) is 11.5 Å². The van der Waals surface area contributed by atoms with E-state index in [0.29, 0.717) is 36.1 Å². The molecular formula is C32H32FNO8S. The van der Waals surface area contributed by atoms with Crippen molar-refractivity contribution in [1.29, 1.82) is 0 Å². The number of carbonyl (C=O) groups is 2. The zero-order valence-electron chi connectivity index (χ0n) is 23.2. The molecule has 11 heteroatoms. The SMILES string of the molecule is O=C(O)CCCCCCC(=O)Nc1ccc(C2=C(c3ccc(O)cc3)C3CC(S(=O)(=O)Oc4ccc(F)cc4)C2O3)cc1. The molecule has 3 aromatic carbocycles. The predicted octanol–water partition coefficient (Wildman–Crippen LogP) is 5.75. The molecule has 3 unspecified atom stereocenters. The molecule has 0 radical (unpaired) electrons. The summed E-state index contributed by atoms with van der Waals surface area (Å²) < 4.78 is 51.6. The van der Waals surface area contributed by atoms with Crippen molar-refractivity contribution < 1.29 is 41.5 Å². The lowest BCUT2D eigenvalue weighted by Gasteiger charge is -2.25. The van der Waals surface area contributed by atoms with E-state index in [4.69, 9.17) is 14.0 Å². The highest BCUT2D eigenvalue weighted by Gasteiger charge is 2.53. The van der Waals surface area contributed by atoms with Gasteiger partial charge in [0.1, 0.15) is 28.7 Å². The van der Waals surface area contributed by atoms with Crippen LogP contribution in [-0.4, -0.2) is 48.0 Å². The maximum absolute atomic E-state index is 13.4. The first kappa shape index (κ1) is 30.2. The van der Waals surface area contributed by atoms with Gasteiger partial charge in [-0.3, -0.25) is 9.59 Å². The minimum Gasteiger partial charge on any atom is -0.508 e. The topological polar surface area (TPSA) is 139 Å². The number of phenols is 1. The third-order valence-corrected chi connectivity index (χ3v) is 9.20. The summed E-state index contributed by atoms with van der Waals surface area (Å²) in [6.45, 7) is 0. The first-order chi connectivity index (χ1) is 20.6. The highest BCUT2D eigenvalue weighted by molar-refractivity contribution is 7.87. The zero-order chi connectivity index (χ0) is 30.6. The molecule has 0 aromatic heterocycles. The van der Waals surface area contributed by atoms with Gasteiger partial charge in [0.25, 0.3) is 0 Å². The van der Waals surface area contributed by atoms with Crippen LogP contribution in [0.3, 0.4) is 0 Å². The highest BCUT2D eigenvalue weighted by Crippen LogP contribution is 2.51. The lowest BCUT2D eigenvalue weighted by Crippen LogP contribution is -2.35. The van der Waals surface area contributed by atoms with Crippen molar-refractivity contribution in [2.45, 2.75) is 62.4 Å². The number of carboxylic acid groups (broad SMARTS) is 1. The predicted molar refractivity (Wildman–Crippen MR) is 158 cm³/mol. The molecular weight excluding hydrogens is 577 g/mol. The maximum Gasteiger partial charge on any atom is 0.315 e. The van der Waals surface area contributed by atoms with E-state index >= 15 is 0 Å². The van der Waals surface area contributed by atoms with Crippen LogP contribution in [0.4, 0.5) is 10.1 Å². The molecule has 43 heavy (non-hydrogen) atoms. The summed E-state index contributed by atoms with van der Waals surface area (Å²) in [6, 6.07) is 18.5. The Morgan fingerprint density at radius 2 is 1.47 bits per heavy atom. The fraction of sp³-hybridized carbons (Fsp3) is 0.312. The van der Waals surface area contributed by atoms with Crippen LogP contribution in [0, 0.1) is 5.82 Å². The third-order valence-electron chi connectivity index (χ3n) is 7.59. The van der Waals surface area contributed by atoms with Crippen molar-refractivity contribution in [2.75, 3.05) is 5.32 Å². The van der Waals surface area contributed by atoms with E-state index in [2.05, 4.69) is 5.32 Å². The van der Waals surface area contributed by atoms with Crippen LogP contribution in [0.25, 0.3) is 11.1 Å². The number of carbonyl (C=O) groups excluding carboxylic acids is 1. The molecule has 2 bridgehead atoms. The van der Waals surface area contributed by atoms with Crippen molar-refractivity contribution in [2.24, 2.45) is 0 Å². The number of aromatic hydroxyl groups is 1. The lowest BCUT2D eigenvalue weighted by atomic mass is 9.83. The molecule has 226 valence electrons. The number of nitrogens with one attached hydrogen (secondary N) is 1. The van der Waals surface area contributed by atoms with Crippen LogP contribution in [0.1, 0.15) is 56.1 Å². The average Bonchev–Trinajstić information content (AvgIpc) is 3.57. The number of ether oxygens (including phenoxy) is 1. The summed E-state index contributed by atoms with van der Waals surface area (Å²) in [5.74, 6) is -1.37. The van der Waals surface area contributed by atoms with Crippen molar-refractivity contribution in [1.82, 2.24) is 0 Å². The number of unbranched alkanes of at least 4 members (excludes halogenated alkanes) is 3. The third kappa shape index (κ3) is 7.23. The van der Waals surface area contributed by atoms with Crippen molar-refractivity contribution >= 4 is 38.8 Å². The Morgan fingerprint density at radius 1 is 0.860 bits per heavy atom. The zero-order valence-corrected chi connectivity index (χ0v) is 24.1. The van der Waals surface area contributed by atoms with E-state index in [1.165, 1.54) is 12.1 Å². The standard InChI is InChI=1S/C32H32FNO8S/c33-22-11-17-25(18-12-22)42-43(39,40)27-19-26-30(20-9-15-24(35)16-10-20)31(32(27)41-26)21-7-13-23(14-8-21)34-28(36)5-3-1-2-4-6-29(37)38/h7-18,26-27,32,35H,1-6,19H2,(H,34,36)(H,37,38). The van der Waals surface area contributed by atoms with Crippen LogP contribution < -0.4 is 9.50 Å². The van der Waals surface area contributed by atoms with Gasteiger partial charge in [0.05, 0.1) is 6.10 Å². The first-order valence-corrected chi connectivity index (χ1v) is 15.6. The molecule has 1 saturated heterocycles. The molecule has 2 aliphatic heterocycles. The number of anilines is 1. The minimum absolute atomic E-state index is 0.00816. The van der Waals surface area contributed by atoms with Crippen LogP contribution in [0.15, 0.2) is 72.8 Å². The van der Waals surface area contributed by atoms with Crippen LogP contribution in [-0.2, 0) is 24.4 Å². The molecule has 5 rings (SSSR count). The smallest absolute Gasteiger partial charge is 0.315 e. The van der Waals surface area contributed by atoms with E-state index in [0.717, 1.165) is 36.1 Å². The highest BCUT2D eigenvalue weighted by atomic mass is 32.2. The van der Waals surface area contributed by atoms with Gasteiger partial charge in [0, 0.05) is 24.9 Å². The summed E-state index contributed by atoms with van der Waals surface area (Å²) in [4.78, 5) is 23.0. The summed E-state index contributed by atoms with van der Waals surface area (Å²) in [5, 5.41) is 20.4. The van der Waals surface area contributed by atoms with Crippen LogP contribution >= 0.6 is 0 Å². The van der Waals surface area contributed by atoms with Crippen molar-refractivity contribution in [3.63, 3.8) is 0 Å².